The fourth-order valence-corrected chi connectivity index (χ4v) is 2.17. The molecular weight excluding hydrogens is 232 g/mol. The Hall–Kier alpha value is -1.85. The third-order valence-electron chi connectivity index (χ3n) is 3.67. The minimum Gasteiger partial charge on any atom is -0.479 e. The van der Waals surface area contributed by atoms with Crippen LogP contribution in [-0.4, -0.2) is 29.5 Å². The number of ether oxygens (including phenoxy) is 1. The SMILES string of the molecule is CCC1(CC)CNc2ncnc(OC)c2NC1=O. The molecule has 6 nitrogen and oxygen atoms in total. The van der Waals surface area contributed by atoms with Gasteiger partial charge in [-0.05, 0) is 12.8 Å². The number of hydrogen-bond donors (Lipinski definition) is 2. The molecule has 0 bridgehead atoms. The summed E-state index contributed by atoms with van der Waals surface area (Å²) >= 11 is 0. The molecule has 2 N–H and O–H groups in total. The van der Waals surface area contributed by atoms with Crippen LogP contribution in [-0.2, 0) is 4.79 Å². The third-order valence-corrected chi connectivity index (χ3v) is 3.67. The summed E-state index contributed by atoms with van der Waals surface area (Å²) < 4.78 is 5.15. The molecule has 1 aliphatic heterocycles. The van der Waals surface area contributed by atoms with Gasteiger partial charge in [-0.15, -0.1) is 0 Å². The molecule has 1 aromatic rings. The minimum atomic E-state index is -0.411. The Morgan fingerprint density at radius 2 is 2.11 bits per heavy atom. The molecule has 0 fully saturated rings. The van der Waals surface area contributed by atoms with E-state index in [1.54, 1.807) is 0 Å². The van der Waals surface area contributed by atoms with Crippen molar-refractivity contribution in [3.63, 3.8) is 0 Å². The molecule has 0 aliphatic carbocycles. The fourth-order valence-electron chi connectivity index (χ4n) is 2.17. The van der Waals surface area contributed by atoms with Gasteiger partial charge < -0.3 is 15.4 Å². The molecule has 0 atom stereocenters. The van der Waals surface area contributed by atoms with Gasteiger partial charge in [0.25, 0.3) is 0 Å². The number of aromatic nitrogens is 2. The summed E-state index contributed by atoms with van der Waals surface area (Å²) in [6, 6.07) is 0. The van der Waals surface area contributed by atoms with Crippen LogP contribution in [0, 0.1) is 5.41 Å². The largest absolute Gasteiger partial charge is 0.479 e. The van der Waals surface area contributed by atoms with E-state index < -0.39 is 5.41 Å². The van der Waals surface area contributed by atoms with Gasteiger partial charge in [0.1, 0.15) is 12.0 Å². The van der Waals surface area contributed by atoms with Crippen molar-refractivity contribution >= 4 is 17.4 Å². The number of rotatable bonds is 3. The summed E-state index contributed by atoms with van der Waals surface area (Å²) in [5, 5.41) is 6.09. The summed E-state index contributed by atoms with van der Waals surface area (Å²) in [5.74, 6) is 0.981. The highest BCUT2D eigenvalue weighted by atomic mass is 16.5. The Kier molecular flexibility index (Phi) is 3.36. The van der Waals surface area contributed by atoms with Crippen molar-refractivity contribution in [1.82, 2.24) is 9.97 Å². The van der Waals surface area contributed by atoms with E-state index in [1.807, 2.05) is 13.8 Å². The average molecular weight is 250 g/mol. The number of carbonyl (C=O) groups excluding carboxylic acids is 1. The number of nitrogens with zero attached hydrogens (tertiary/aromatic N) is 2. The van der Waals surface area contributed by atoms with E-state index in [9.17, 15) is 4.79 Å². The van der Waals surface area contributed by atoms with Gasteiger partial charge in [0, 0.05) is 6.54 Å². The lowest BCUT2D eigenvalue weighted by Crippen LogP contribution is -2.39. The van der Waals surface area contributed by atoms with Crippen LogP contribution in [0.3, 0.4) is 0 Å². The first-order valence-electron chi connectivity index (χ1n) is 6.11. The maximum atomic E-state index is 12.4. The zero-order chi connectivity index (χ0) is 13.2. The summed E-state index contributed by atoms with van der Waals surface area (Å²) in [6.07, 6.45) is 2.96. The van der Waals surface area contributed by atoms with Gasteiger partial charge in [-0.1, -0.05) is 13.8 Å². The number of amides is 1. The monoisotopic (exact) mass is 250 g/mol. The fraction of sp³-hybridized carbons (Fsp3) is 0.583. The van der Waals surface area contributed by atoms with Gasteiger partial charge in [0.2, 0.25) is 11.8 Å². The molecule has 2 heterocycles. The maximum absolute atomic E-state index is 12.4. The maximum Gasteiger partial charge on any atom is 0.242 e. The number of carbonyl (C=O) groups is 1. The normalized spacial score (nSPS) is 17.2. The Labute approximate surface area is 106 Å². The van der Waals surface area contributed by atoms with E-state index in [1.165, 1.54) is 13.4 Å². The van der Waals surface area contributed by atoms with Crippen molar-refractivity contribution in [2.75, 3.05) is 24.3 Å². The van der Waals surface area contributed by atoms with E-state index in [-0.39, 0.29) is 5.91 Å². The molecule has 0 radical (unpaired) electrons. The molecule has 0 aromatic carbocycles. The van der Waals surface area contributed by atoms with Crippen molar-refractivity contribution in [3.05, 3.63) is 6.33 Å². The number of nitrogens with one attached hydrogen (secondary N) is 2. The second kappa shape index (κ2) is 4.80. The molecule has 1 amide bonds. The van der Waals surface area contributed by atoms with Crippen LogP contribution in [0.25, 0.3) is 0 Å². The average Bonchev–Trinajstić information content (AvgIpc) is 2.55. The first kappa shape index (κ1) is 12.6. The molecule has 98 valence electrons. The summed E-state index contributed by atoms with van der Waals surface area (Å²) in [7, 11) is 1.52. The molecule has 6 heteroatoms. The number of fused-ring (bicyclic) bond motifs is 1. The lowest BCUT2D eigenvalue weighted by Gasteiger charge is -2.27. The molecule has 1 aromatic heterocycles. The van der Waals surface area contributed by atoms with E-state index in [0.29, 0.717) is 23.9 Å². The number of anilines is 2. The van der Waals surface area contributed by atoms with E-state index >= 15 is 0 Å². The zero-order valence-corrected chi connectivity index (χ0v) is 10.9. The van der Waals surface area contributed by atoms with Gasteiger partial charge in [-0.2, -0.15) is 4.98 Å². The topological polar surface area (TPSA) is 76.1 Å². The highest BCUT2D eigenvalue weighted by molar-refractivity contribution is 6.00. The number of hydrogen-bond acceptors (Lipinski definition) is 5. The highest BCUT2D eigenvalue weighted by Crippen LogP contribution is 2.37. The van der Waals surface area contributed by atoms with Crippen LogP contribution < -0.4 is 15.4 Å². The second-order valence-corrected chi connectivity index (χ2v) is 4.40. The van der Waals surface area contributed by atoms with Crippen molar-refractivity contribution in [1.29, 1.82) is 0 Å². The first-order valence-corrected chi connectivity index (χ1v) is 6.11. The smallest absolute Gasteiger partial charge is 0.242 e. The van der Waals surface area contributed by atoms with Gasteiger partial charge in [-0.3, -0.25) is 4.79 Å². The van der Waals surface area contributed by atoms with Crippen molar-refractivity contribution in [3.8, 4) is 5.88 Å². The van der Waals surface area contributed by atoms with Gasteiger partial charge >= 0.3 is 0 Å². The molecule has 0 saturated heterocycles. The van der Waals surface area contributed by atoms with Crippen LogP contribution in [0.4, 0.5) is 11.5 Å². The molecule has 2 rings (SSSR count). The Bertz CT molecular complexity index is 457. The van der Waals surface area contributed by atoms with Crippen LogP contribution in [0.2, 0.25) is 0 Å². The Morgan fingerprint density at radius 3 is 2.72 bits per heavy atom. The van der Waals surface area contributed by atoms with E-state index in [2.05, 4.69) is 20.6 Å². The minimum absolute atomic E-state index is 0.00755. The second-order valence-electron chi connectivity index (χ2n) is 4.40. The van der Waals surface area contributed by atoms with Gasteiger partial charge in [-0.25, -0.2) is 4.98 Å². The van der Waals surface area contributed by atoms with Gasteiger partial charge in [0.05, 0.1) is 12.5 Å². The van der Waals surface area contributed by atoms with E-state index in [0.717, 1.165) is 12.8 Å². The number of methoxy groups -OCH3 is 1. The lowest BCUT2D eigenvalue weighted by atomic mass is 9.81. The van der Waals surface area contributed by atoms with Crippen LogP contribution in [0.1, 0.15) is 26.7 Å². The van der Waals surface area contributed by atoms with Crippen LogP contribution >= 0.6 is 0 Å². The molecule has 18 heavy (non-hydrogen) atoms. The molecule has 1 aliphatic rings. The predicted molar refractivity (Wildman–Crippen MR) is 68.7 cm³/mol. The standard InChI is InChI=1S/C12H18N4O2/c1-4-12(5-2)6-13-9-8(16-11(12)17)10(18-3)15-7-14-9/h7H,4-6H2,1-3H3,(H,16,17)(H,13,14,15). The quantitative estimate of drug-likeness (QED) is 0.853. The van der Waals surface area contributed by atoms with Crippen LogP contribution in [0.5, 0.6) is 5.88 Å². The Morgan fingerprint density at radius 1 is 1.39 bits per heavy atom. The van der Waals surface area contributed by atoms with E-state index in [4.69, 9.17) is 4.74 Å². The summed E-state index contributed by atoms with van der Waals surface area (Å²) in [5.41, 5.74) is 0.111. The molecule has 0 saturated carbocycles. The lowest BCUT2D eigenvalue weighted by molar-refractivity contribution is -0.125. The molecule has 0 unspecified atom stereocenters. The third kappa shape index (κ3) is 1.87. The predicted octanol–water partition coefficient (Wildman–Crippen LogP) is 1.66. The van der Waals surface area contributed by atoms with Gasteiger partial charge in [0.15, 0.2) is 5.82 Å². The first-order chi connectivity index (χ1) is 8.66. The molecular formula is C12H18N4O2. The van der Waals surface area contributed by atoms with Crippen molar-refractivity contribution in [2.45, 2.75) is 26.7 Å². The van der Waals surface area contributed by atoms with Crippen molar-refractivity contribution in [2.24, 2.45) is 5.41 Å². The molecule has 0 spiro atoms. The summed E-state index contributed by atoms with van der Waals surface area (Å²) in [4.78, 5) is 20.5. The Balaban J connectivity index is 2.42. The van der Waals surface area contributed by atoms with Crippen molar-refractivity contribution < 1.29 is 9.53 Å². The zero-order valence-electron chi connectivity index (χ0n) is 10.9. The summed E-state index contributed by atoms with van der Waals surface area (Å²) in [6.45, 7) is 4.60. The highest BCUT2D eigenvalue weighted by Gasteiger charge is 2.38. The van der Waals surface area contributed by atoms with Crippen LogP contribution in [0.15, 0.2) is 6.33 Å².